The predicted molar refractivity (Wildman–Crippen MR) is 83.2 cm³/mol. The largest absolute Gasteiger partial charge is 0.438 e. The molecule has 0 aliphatic rings. The smallest absolute Gasteiger partial charge is 0.272 e. The summed E-state index contributed by atoms with van der Waals surface area (Å²) in [6, 6.07) is 8.85. The number of carbonyl (C=O) groups excluding carboxylic acids is 1. The summed E-state index contributed by atoms with van der Waals surface area (Å²) >= 11 is 0. The molecule has 1 N–H and O–H groups in total. The van der Waals surface area contributed by atoms with Crippen LogP contribution in [0.1, 0.15) is 29.3 Å². The molecule has 3 rings (SSSR count). The summed E-state index contributed by atoms with van der Waals surface area (Å²) in [5.74, 6) is 1.13. The zero-order chi connectivity index (χ0) is 16.9. The van der Waals surface area contributed by atoms with Gasteiger partial charge in [-0.2, -0.15) is 0 Å². The van der Waals surface area contributed by atoms with Crippen LogP contribution in [0.3, 0.4) is 0 Å². The highest BCUT2D eigenvalue weighted by atomic mass is 16.5. The number of carbonyl (C=O) groups is 1. The number of aryl methyl sites for hydroxylation is 1. The van der Waals surface area contributed by atoms with Crippen LogP contribution in [0, 0.1) is 0 Å². The van der Waals surface area contributed by atoms with Gasteiger partial charge in [0.25, 0.3) is 5.91 Å². The second-order valence-electron chi connectivity index (χ2n) is 5.01. The third-order valence-corrected chi connectivity index (χ3v) is 3.21. The number of nitrogens with one attached hydrogen (secondary N) is 1. The van der Waals surface area contributed by atoms with Gasteiger partial charge in [-0.25, -0.2) is 14.6 Å². The Kier molecular flexibility index (Phi) is 4.41. The van der Waals surface area contributed by atoms with Gasteiger partial charge in [-0.3, -0.25) is 4.79 Å². The number of hydrogen-bond acceptors (Lipinski definition) is 7. The topological polar surface area (TPSA) is 108 Å². The fourth-order valence-corrected chi connectivity index (χ4v) is 2.03. The molecule has 0 aliphatic carbocycles. The number of tetrazole rings is 1. The molecule has 0 radical (unpaired) electrons. The van der Waals surface area contributed by atoms with E-state index in [9.17, 15) is 4.79 Å². The lowest BCUT2D eigenvalue weighted by Gasteiger charge is -2.11. The summed E-state index contributed by atoms with van der Waals surface area (Å²) in [6.45, 7) is 1.78. The molecule has 0 bridgehead atoms. The molecule has 1 amide bonds. The minimum absolute atomic E-state index is 0.178. The van der Waals surface area contributed by atoms with Crippen molar-refractivity contribution in [3.63, 3.8) is 0 Å². The van der Waals surface area contributed by atoms with Crippen LogP contribution in [0.2, 0.25) is 0 Å². The van der Waals surface area contributed by atoms with Crippen LogP contribution >= 0.6 is 0 Å². The van der Waals surface area contributed by atoms with E-state index in [-0.39, 0.29) is 17.6 Å². The monoisotopic (exact) mass is 325 g/mol. The maximum atomic E-state index is 12.2. The Balaban J connectivity index is 1.64. The number of aromatic nitrogens is 6. The van der Waals surface area contributed by atoms with E-state index in [0.29, 0.717) is 17.5 Å². The summed E-state index contributed by atoms with van der Waals surface area (Å²) in [4.78, 5) is 20.4. The van der Waals surface area contributed by atoms with Crippen LogP contribution < -0.4 is 10.1 Å². The van der Waals surface area contributed by atoms with Gasteiger partial charge < -0.3 is 10.1 Å². The minimum Gasteiger partial charge on any atom is -0.438 e. The molecule has 0 aliphatic heterocycles. The van der Waals surface area contributed by atoms with Gasteiger partial charge in [-0.05, 0) is 29.5 Å². The molecule has 0 saturated carbocycles. The Morgan fingerprint density at radius 1 is 1.21 bits per heavy atom. The van der Waals surface area contributed by atoms with E-state index in [4.69, 9.17) is 4.74 Å². The van der Waals surface area contributed by atoms with Gasteiger partial charge in [-0.1, -0.05) is 18.2 Å². The average molecular weight is 325 g/mol. The summed E-state index contributed by atoms with van der Waals surface area (Å²) in [6.07, 6.45) is 2.76. The van der Waals surface area contributed by atoms with E-state index in [1.54, 1.807) is 26.1 Å². The Hall–Kier alpha value is -3.36. The van der Waals surface area contributed by atoms with Crippen molar-refractivity contribution < 1.29 is 9.53 Å². The van der Waals surface area contributed by atoms with Crippen LogP contribution in [0.15, 0.2) is 42.7 Å². The zero-order valence-corrected chi connectivity index (χ0v) is 13.1. The van der Waals surface area contributed by atoms with E-state index in [2.05, 4.69) is 30.8 Å². The highest BCUT2D eigenvalue weighted by Crippen LogP contribution is 2.17. The number of rotatable bonds is 5. The van der Waals surface area contributed by atoms with Crippen molar-refractivity contribution in [3.05, 3.63) is 54.2 Å². The molecule has 9 heteroatoms. The first-order valence-electron chi connectivity index (χ1n) is 7.21. The van der Waals surface area contributed by atoms with Gasteiger partial charge in [0, 0.05) is 7.05 Å². The van der Waals surface area contributed by atoms with E-state index in [1.165, 1.54) is 17.1 Å². The summed E-state index contributed by atoms with van der Waals surface area (Å²) in [5, 5.41) is 13.9. The van der Waals surface area contributed by atoms with Gasteiger partial charge in [0.1, 0.15) is 11.4 Å². The second kappa shape index (κ2) is 6.82. The quantitative estimate of drug-likeness (QED) is 0.753. The standard InChI is InChI=1S/C15H15N7O2/c1-10(14-19-20-21-22(14)2)18-15(23)12-8-17-13(9-16-12)24-11-6-4-3-5-7-11/h3-10H,1-2H3,(H,18,23). The maximum absolute atomic E-state index is 12.2. The molecule has 24 heavy (non-hydrogen) atoms. The molecule has 9 nitrogen and oxygen atoms in total. The summed E-state index contributed by atoms with van der Waals surface area (Å²) < 4.78 is 7.03. The number of nitrogens with zero attached hydrogens (tertiary/aromatic N) is 6. The number of benzene rings is 1. The van der Waals surface area contributed by atoms with Crippen LogP contribution in [-0.2, 0) is 7.05 Å². The third kappa shape index (κ3) is 3.51. The second-order valence-corrected chi connectivity index (χ2v) is 5.01. The Morgan fingerprint density at radius 3 is 2.62 bits per heavy atom. The van der Waals surface area contributed by atoms with E-state index in [1.807, 2.05) is 18.2 Å². The summed E-state index contributed by atoms with van der Waals surface area (Å²) in [5.41, 5.74) is 0.178. The SMILES string of the molecule is CC(NC(=O)c1cnc(Oc2ccccc2)cn1)c1nnnn1C. The lowest BCUT2D eigenvalue weighted by Crippen LogP contribution is -2.29. The molecule has 0 spiro atoms. The van der Waals surface area contributed by atoms with Crippen molar-refractivity contribution in [1.29, 1.82) is 0 Å². The minimum atomic E-state index is -0.371. The molecule has 3 aromatic rings. The van der Waals surface area contributed by atoms with Crippen molar-refractivity contribution in [2.75, 3.05) is 0 Å². The normalized spacial score (nSPS) is 11.8. The van der Waals surface area contributed by atoms with Gasteiger partial charge in [0.05, 0.1) is 18.4 Å². The fourth-order valence-electron chi connectivity index (χ4n) is 2.03. The van der Waals surface area contributed by atoms with Crippen molar-refractivity contribution in [2.24, 2.45) is 7.05 Å². The van der Waals surface area contributed by atoms with Crippen LogP contribution in [0.4, 0.5) is 0 Å². The van der Waals surface area contributed by atoms with Crippen molar-refractivity contribution in [2.45, 2.75) is 13.0 Å². The van der Waals surface area contributed by atoms with Crippen LogP contribution in [-0.4, -0.2) is 36.1 Å². The van der Waals surface area contributed by atoms with Gasteiger partial charge >= 0.3 is 0 Å². The maximum Gasteiger partial charge on any atom is 0.272 e. The van der Waals surface area contributed by atoms with Crippen molar-refractivity contribution in [1.82, 2.24) is 35.5 Å². The lowest BCUT2D eigenvalue weighted by atomic mass is 10.3. The fraction of sp³-hybridized carbons (Fsp3) is 0.200. The first kappa shape index (κ1) is 15.5. The average Bonchev–Trinajstić information content (AvgIpc) is 3.02. The first-order valence-corrected chi connectivity index (χ1v) is 7.21. The van der Waals surface area contributed by atoms with Crippen LogP contribution in [0.25, 0.3) is 0 Å². The highest BCUT2D eigenvalue weighted by molar-refractivity contribution is 5.92. The van der Waals surface area contributed by atoms with Crippen LogP contribution in [0.5, 0.6) is 11.6 Å². The molecule has 0 saturated heterocycles. The highest BCUT2D eigenvalue weighted by Gasteiger charge is 2.17. The molecule has 122 valence electrons. The van der Waals surface area contributed by atoms with Crippen molar-refractivity contribution in [3.8, 4) is 11.6 Å². The zero-order valence-electron chi connectivity index (χ0n) is 13.1. The molecule has 1 unspecified atom stereocenters. The number of amides is 1. The first-order chi connectivity index (χ1) is 11.6. The van der Waals surface area contributed by atoms with E-state index >= 15 is 0 Å². The third-order valence-electron chi connectivity index (χ3n) is 3.21. The molecule has 1 aromatic carbocycles. The Labute approximate surface area is 137 Å². The number of hydrogen-bond donors (Lipinski definition) is 1. The van der Waals surface area contributed by atoms with Gasteiger partial charge in [0.2, 0.25) is 5.88 Å². The van der Waals surface area contributed by atoms with Gasteiger partial charge in [0.15, 0.2) is 5.82 Å². The Bertz CT molecular complexity index is 817. The van der Waals surface area contributed by atoms with E-state index < -0.39 is 0 Å². The molecular weight excluding hydrogens is 310 g/mol. The molecule has 1 atom stereocenters. The van der Waals surface area contributed by atoms with Gasteiger partial charge in [-0.15, -0.1) is 5.10 Å². The van der Waals surface area contributed by atoms with Crippen molar-refractivity contribution >= 4 is 5.91 Å². The molecular formula is C15H15N7O2. The number of ether oxygens (including phenoxy) is 1. The molecule has 2 heterocycles. The summed E-state index contributed by atoms with van der Waals surface area (Å²) in [7, 11) is 1.70. The molecule has 0 fully saturated rings. The number of para-hydroxylation sites is 1. The Morgan fingerprint density at radius 2 is 2.00 bits per heavy atom. The lowest BCUT2D eigenvalue weighted by molar-refractivity contribution is 0.0932. The van der Waals surface area contributed by atoms with E-state index in [0.717, 1.165) is 0 Å². The molecule has 2 aromatic heterocycles. The predicted octanol–water partition coefficient (Wildman–Crippen LogP) is 1.28.